The maximum Gasteiger partial charge on any atom is 0.355 e. The Morgan fingerprint density at radius 3 is 2.52 bits per heavy atom. The molecule has 1 heterocycles. The molecule has 0 aromatic carbocycles. The van der Waals surface area contributed by atoms with Crippen LogP contribution < -0.4 is 10.6 Å². The fourth-order valence-electron chi connectivity index (χ4n) is 1.80. The number of hydrogen-bond donors (Lipinski definition) is 0. The highest BCUT2D eigenvalue weighted by Crippen LogP contribution is 2.14. The van der Waals surface area contributed by atoms with Crippen LogP contribution in [0.3, 0.4) is 0 Å². The Morgan fingerprint density at radius 2 is 1.96 bits per heavy atom. The highest BCUT2D eigenvalue weighted by atomic mass is 32.2. The van der Waals surface area contributed by atoms with Gasteiger partial charge in [0.15, 0.2) is 16.7 Å². The number of anilines is 1. The number of rotatable bonds is 8. The van der Waals surface area contributed by atoms with E-state index in [0.29, 0.717) is 5.16 Å². The Kier molecular flexibility index (Phi) is 8.12. The first kappa shape index (κ1) is 20.7. The van der Waals surface area contributed by atoms with E-state index in [9.17, 15) is 14.4 Å². The van der Waals surface area contributed by atoms with Crippen molar-refractivity contribution >= 4 is 35.2 Å². The van der Waals surface area contributed by atoms with Gasteiger partial charge in [0.05, 0.1) is 19.6 Å². The molecule has 1 aromatic rings. The summed E-state index contributed by atoms with van der Waals surface area (Å²) < 4.78 is 11.2. The predicted octanol–water partition coefficient (Wildman–Crippen LogP) is 0.811. The monoisotopic (exact) mass is 370 g/mol. The molecule has 0 aliphatic carbocycles. The molecule has 1 rings (SSSR count). The molecule has 0 atom stereocenters. The topological polar surface area (TPSA) is 103 Å². The molecular weight excluding hydrogens is 348 g/mol. The van der Waals surface area contributed by atoms with Crippen LogP contribution in [0, 0.1) is 0 Å². The molecule has 0 bridgehead atoms. The van der Waals surface area contributed by atoms with Crippen molar-refractivity contribution in [3.63, 3.8) is 0 Å². The van der Waals surface area contributed by atoms with Crippen LogP contribution in [-0.2, 0) is 26.1 Å². The minimum atomic E-state index is -0.726. The lowest BCUT2D eigenvalue weighted by Gasteiger charge is -2.15. The van der Waals surface area contributed by atoms with Crippen LogP contribution >= 0.6 is 11.8 Å². The van der Waals surface area contributed by atoms with Gasteiger partial charge >= 0.3 is 11.9 Å². The Labute approximate surface area is 150 Å². The fourth-order valence-corrected chi connectivity index (χ4v) is 2.35. The lowest BCUT2D eigenvalue weighted by Crippen LogP contribution is -2.27. The molecule has 0 aliphatic heterocycles. The molecule has 0 saturated heterocycles. The van der Waals surface area contributed by atoms with Gasteiger partial charge in [0, 0.05) is 20.2 Å². The zero-order valence-corrected chi connectivity index (χ0v) is 15.8. The van der Waals surface area contributed by atoms with E-state index in [2.05, 4.69) is 10.1 Å². The normalized spacial score (nSPS) is 11.2. The van der Waals surface area contributed by atoms with Gasteiger partial charge in [0.25, 0.3) is 5.56 Å². The Hall–Kier alpha value is -2.36. The second-order valence-corrected chi connectivity index (χ2v) is 5.54. The molecule has 25 heavy (non-hydrogen) atoms. The van der Waals surface area contributed by atoms with Gasteiger partial charge in [-0.3, -0.25) is 19.2 Å². The van der Waals surface area contributed by atoms with E-state index in [-0.39, 0.29) is 36.7 Å². The maximum atomic E-state index is 12.0. The molecule has 1 aromatic heterocycles. The lowest BCUT2D eigenvalue weighted by molar-refractivity contribution is -0.143. The van der Waals surface area contributed by atoms with Gasteiger partial charge in [0.2, 0.25) is 0 Å². The summed E-state index contributed by atoms with van der Waals surface area (Å²) in [5.41, 5.74) is -0.393. The number of nitrogens with zero attached hydrogens (tertiary/aromatic N) is 4. The molecule has 9 nitrogen and oxygen atoms in total. The van der Waals surface area contributed by atoms with Crippen molar-refractivity contribution in [2.45, 2.75) is 25.4 Å². The maximum absolute atomic E-state index is 12.0. The van der Waals surface area contributed by atoms with Gasteiger partial charge in [-0.15, -0.1) is 0 Å². The van der Waals surface area contributed by atoms with Gasteiger partial charge in [-0.2, -0.15) is 5.10 Å². The first-order valence-electron chi connectivity index (χ1n) is 7.60. The van der Waals surface area contributed by atoms with Gasteiger partial charge in [-0.05, 0) is 20.1 Å². The molecule has 0 amide bonds. The molecule has 0 spiro atoms. The molecular formula is C15H22N4O5S. The molecule has 0 fully saturated rings. The Morgan fingerprint density at radius 1 is 1.32 bits per heavy atom. The molecule has 10 heteroatoms. The minimum Gasteiger partial charge on any atom is -0.466 e. The highest BCUT2D eigenvalue weighted by molar-refractivity contribution is 7.98. The predicted molar refractivity (Wildman–Crippen MR) is 95.0 cm³/mol. The summed E-state index contributed by atoms with van der Waals surface area (Å²) in [5, 5.41) is 5.84. The zero-order valence-electron chi connectivity index (χ0n) is 14.9. The first-order chi connectivity index (χ1) is 11.8. The van der Waals surface area contributed by atoms with Crippen LogP contribution in [0.5, 0.6) is 0 Å². The van der Waals surface area contributed by atoms with E-state index in [1.54, 1.807) is 27.2 Å². The van der Waals surface area contributed by atoms with Crippen LogP contribution in [0.1, 0.15) is 20.3 Å². The van der Waals surface area contributed by atoms with Crippen molar-refractivity contribution in [3.05, 3.63) is 16.4 Å². The summed E-state index contributed by atoms with van der Waals surface area (Å²) >= 11 is 1.30. The number of esters is 2. The molecule has 0 saturated carbocycles. The molecule has 0 aliphatic rings. The number of ether oxygens (including phenoxy) is 2. The van der Waals surface area contributed by atoms with E-state index in [4.69, 9.17) is 9.47 Å². The van der Waals surface area contributed by atoms with Gasteiger partial charge in [-0.1, -0.05) is 11.8 Å². The van der Waals surface area contributed by atoms with Crippen LogP contribution in [0.15, 0.2) is 21.1 Å². The number of hydrazone groups is 1. The minimum absolute atomic E-state index is 0.129. The highest BCUT2D eigenvalue weighted by Gasteiger charge is 2.20. The SMILES string of the molecule is CCOC(=O)C/C(=N/N(C)c1cc(=O)n(C)c(SC)n1)C(=O)OCC. The molecule has 0 radical (unpaired) electrons. The summed E-state index contributed by atoms with van der Waals surface area (Å²) in [6.45, 7) is 3.65. The zero-order chi connectivity index (χ0) is 19.0. The van der Waals surface area contributed by atoms with E-state index in [0.717, 1.165) is 0 Å². The van der Waals surface area contributed by atoms with Crippen LogP contribution in [0.2, 0.25) is 0 Å². The second kappa shape index (κ2) is 9.82. The summed E-state index contributed by atoms with van der Waals surface area (Å²) in [6.07, 6.45) is 1.46. The van der Waals surface area contributed by atoms with E-state index >= 15 is 0 Å². The van der Waals surface area contributed by atoms with E-state index < -0.39 is 11.9 Å². The Balaban J connectivity index is 3.18. The summed E-state index contributed by atoms with van der Waals surface area (Å²) in [4.78, 5) is 40.0. The van der Waals surface area contributed by atoms with Crippen LogP contribution in [0.25, 0.3) is 0 Å². The second-order valence-electron chi connectivity index (χ2n) is 4.77. The van der Waals surface area contributed by atoms with Crippen molar-refractivity contribution < 1.29 is 19.1 Å². The van der Waals surface area contributed by atoms with E-state index in [1.807, 2.05) is 0 Å². The standard InChI is InChI=1S/C15H22N4O5S/c1-6-23-13(21)8-10(14(22)24-7-2)17-19(4)11-9-12(20)18(3)15(16-11)25-5/h9H,6-8H2,1-5H3/b17-10-. The lowest BCUT2D eigenvalue weighted by atomic mass is 10.3. The molecule has 138 valence electrons. The summed E-state index contributed by atoms with van der Waals surface area (Å²) in [7, 11) is 3.13. The third-order valence-electron chi connectivity index (χ3n) is 2.99. The smallest absolute Gasteiger partial charge is 0.355 e. The summed E-state index contributed by atoms with van der Waals surface area (Å²) in [6, 6.07) is 1.29. The number of carbonyl (C=O) groups excluding carboxylic acids is 2. The van der Waals surface area contributed by atoms with Gasteiger partial charge in [0.1, 0.15) is 0 Å². The number of hydrogen-bond acceptors (Lipinski definition) is 9. The van der Waals surface area contributed by atoms with Crippen molar-refractivity contribution in [2.24, 2.45) is 12.1 Å². The van der Waals surface area contributed by atoms with Gasteiger partial charge in [-0.25, -0.2) is 9.78 Å². The van der Waals surface area contributed by atoms with Crippen molar-refractivity contribution in [1.82, 2.24) is 9.55 Å². The van der Waals surface area contributed by atoms with Crippen LogP contribution in [0.4, 0.5) is 5.82 Å². The van der Waals surface area contributed by atoms with Crippen molar-refractivity contribution in [2.75, 3.05) is 31.5 Å². The average Bonchev–Trinajstić information content (AvgIpc) is 2.56. The third kappa shape index (κ3) is 5.89. The number of aromatic nitrogens is 2. The first-order valence-corrected chi connectivity index (χ1v) is 8.82. The third-order valence-corrected chi connectivity index (χ3v) is 3.72. The number of carbonyl (C=O) groups is 2. The van der Waals surface area contributed by atoms with Gasteiger partial charge < -0.3 is 9.47 Å². The number of thioether (sulfide) groups is 1. The average molecular weight is 370 g/mol. The quantitative estimate of drug-likeness (QED) is 0.218. The Bertz CT molecular complexity index is 716. The van der Waals surface area contributed by atoms with Crippen molar-refractivity contribution in [1.29, 1.82) is 0 Å². The molecule has 0 unspecified atom stereocenters. The summed E-state index contributed by atoms with van der Waals surface area (Å²) in [5.74, 6) is -1.07. The van der Waals surface area contributed by atoms with Crippen LogP contribution in [-0.4, -0.2) is 53.7 Å². The largest absolute Gasteiger partial charge is 0.466 e. The van der Waals surface area contributed by atoms with Crippen molar-refractivity contribution in [3.8, 4) is 0 Å². The fraction of sp³-hybridized carbons (Fsp3) is 0.533. The van der Waals surface area contributed by atoms with E-state index in [1.165, 1.54) is 34.5 Å². The molecule has 0 N–H and O–H groups in total.